The first-order valence-electron chi connectivity index (χ1n) is 14.0. The molecule has 0 spiro atoms. The summed E-state index contributed by atoms with van der Waals surface area (Å²) in [6.07, 6.45) is 3.64. The predicted octanol–water partition coefficient (Wildman–Crippen LogP) is 3.72. The molecular formula is C32H33N3O7S. The zero-order chi connectivity index (χ0) is 30.7. The number of rotatable bonds is 10. The quantitative estimate of drug-likeness (QED) is 0.254. The Labute approximate surface area is 252 Å². The van der Waals surface area contributed by atoms with E-state index >= 15 is 0 Å². The molecule has 43 heavy (non-hydrogen) atoms. The van der Waals surface area contributed by atoms with Crippen molar-refractivity contribution in [3.05, 3.63) is 90.7 Å². The summed E-state index contributed by atoms with van der Waals surface area (Å²) >= 11 is 1.23. The molecule has 1 aliphatic rings. The van der Waals surface area contributed by atoms with E-state index in [1.54, 1.807) is 46.1 Å². The molecule has 2 aromatic carbocycles. The van der Waals surface area contributed by atoms with E-state index in [0.29, 0.717) is 45.3 Å². The predicted molar refractivity (Wildman–Crippen MR) is 163 cm³/mol. The van der Waals surface area contributed by atoms with Crippen molar-refractivity contribution >= 4 is 40.3 Å². The summed E-state index contributed by atoms with van der Waals surface area (Å²) in [4.78, 5) is 44.8. The van der Waals surface area contributed by atoms with Gasteiger partial charge in [0.1, 0.15) is 6.54 Å². The highest BCUT2D eigenvalue weighted by atomic mass is 32.1. The average Bonchev–Trinajstić information content (AvgIpc) is 3.48. The van der Waals surface area contributed by atoms with E-state index in [0.717, 1.165) is 16.5 Å². The summed E-state index contributed by atoms with van der Waals surface area (Å²) < 4.78 is 25.6. The van der Waals surface area contributed by atoms with Gasteiger partial charge in [-0.3, -0.25) is 14.2 Å². The van der Waals surface area contributed by atoms with Crippen LogP contribution in [0.3, 0.4) is 0 Å². The summed E-state index contributed by atoms with van der Waals surface area (Å²) in [5, 5.41) is 0.883. The molecule has 0 amide bonds. The lowest BCUT2D eigenvalue weighted by molar-refractivity contribution is -0.143. The maximum absolute atomic E-state index is 14.1. The van der Waals surface area contributed by atoms with Crippen molar-refractivity contribution < 1.29 is 28.5 Å². The highest BCUT2D eigenvalue weighted by Gasteiger charge is 2.34. The Morgan fingerprint density at radius 3 is 2.51 bits per heavy atom. The number of hydrogen-bond acceptors (Lipinski definition) is 9. The summed E-state index contributed by atoms with van der Waals surface area (Å²) in [6.45, 7) is 8.03. The molecule has 224 valence electrons. The number of nitrogens with zero attached hydrogens (tertiary/aromatic N) is 3. The molecule has 0 saturated heterocycles. The topological polar surface area (TPSA) is 110 Å². The first-order chi connectivity index (χ1) is 20.8. The molecule has 0 saturated carbocycles. The van der Waals surface area contributed by atoms with Crippen LogP contribution in [0.1, 0.15) is 44.9 Å². The second-order valence-corrected chi connectivity index (χ2v) is 10.7. The van der Waals surface area contributed by atoms with Crippen LogP contribution in [0, 0.1) is 0 Å². The molecule has 0 aliphatic carbocycles. The number of ether oxygens (including phenoxy) is 4. The normalized spacial score (nSPS) is 14.8. The van der Waals surface area contributed by atoms with Crippen molar-refractivity contribution in [2.24, 2.45) is 4.99 Å². The van der Waals surface area contributed by atoms with Crippen LogP contribution in [-0.4, -0.2) is 48.0 Å². The summed E-state index contributed by atoms with van der Waals surface area (Å²) in [7, 11) is 1.55. The Kier molecular flexibility index (Phi) is 8.81. The minimum atomic E-state index is -0.798. The molecule has 3 heterocycles. The highest BCUT2D eigenvalue weighted by molar-refractivity contribution is 7.07. The van der Waals surface area contributed by atoms with Crippen LogP contribution in [0.2, 0.25) is 0 Å². The third kappa shape index (κ3) is 5.72. The Morgan fingerprint density at radius 2 is 1.79 bits per heavy atom. The SMILES string of the molecule is CCOC(=O)Cn1cc(/C=c2\sc3n(c2=O)[C@H](c2ccc(OC)c(OCC)c2)C(C(=O)OCC)=C(C)N=3)c2ccccc21. The lowest BCUT2D eigenvalue weighted by atomic mass is 9.95. The third-order valence-electron chi connectivity index (χ3n) is 7.03. The molecule has 11 heteroatoms. The van der Waals surface area contributed by atoms with Gasteiger partial charge in [-0.25, -0.2) is 9.79 Å². The highest BCUT2D eigenvalue weighted by Crippen LogP contribution is 2.36. The van der Waals surface area contributed by atoms with Gasteiger partial charge in [0.05, 0.1) is 48.8 Å². The van der Waals surface area contributed by atoms with E-state index in [2.05, 4.69) is 4.99 Å². The van der Waals surface area contributed by atoms with Gasteiger partial charge in [-0.1, -0.05) is 35.6 Å². The standard InChI is InChI=1S/C32H33N3O7S/c1-6-40-25-15-20(13-14-24(25)39-5)29-28(31(38)42-8-3)19(4)33-32-35(29)30(37)26(43-32)16-21-17-34(18-27(36)41-7-2)23-12-10-9-11-22(21)23/h9-17,29H,6-8,18H2,1-5H3/b26-16-/t29-/m1/s1. The van der Waals surface area contributed by atoms with Crippen LogP contribution in [-0.2, 0) is 25.6 Å². The van der Waals surface area contributed by atoms with Gasteiger partial charge in [0.15, 0.2) is 16.3 Å². The van der Waals surface area contributed by atoms with Crippen LogP contribution < -0.4 is 24.4 Å². The van der Waals surface area contributed by atoms with Gasteiger partial charge in [0, 0.05) is 22.7 Å². The largest absolute Gasteiger partial charge is 0.493 e. The molecule has 5 rings (SSSR count). The fraction of sp³-hybridized carbons (Fsp3) is 0.312. The smallest absolute Gasteiger partial charge is 0.338 e. The Hall–Kier alpha value is -4.64. The number of carbonyl (C=O) groups is 2. The van der Waals surface area contributed by atoms with Crippen LogP contribution >= 0.6 is 11.3 Å². The van der Waals surface area contributed by atoms with E-state index < -0.39 is 12.0 Å². The van der Waals surface area contributed by atoms with E-state index in [1.807, 2.05) is 48.0 Å². The molecule has 0 fully saturated rings. The number of para-hydroxylation sites is 1. The fourth-order valence-corrected chi connectivity index (χ4v) is 6.28. The fourth-order valence-electron chi connectivity index (χ4n) is 5.25. The van der Waals surface area contributed by atoms with Crippen LogP contribution in [0.25, 0.3) is 17.0 Å². The molecule has 0 bridgehead atoms. The lowest BCUT2D eigenvalue weighted by Crippen LogP contribution is -2.40. The molecule has 1 atom stereocenters. The number of methoxy groups -OCH3 is 1. The first kappa shape index (κ1) is 29.8. The monoisotopic (exact) mass is 603 g/mol. The summed E-state index contributed by atoms with van der Waals surface area (Å²) in [5.74, 6) is 0.147. The van der Waals surface area contributed by atoms with E-state index in [9.17, 15) is 14.4 Å². The van der Waals surface area contributed by atoms with E-state index in [4.69, 9.17) is 18.9 Å². The number of benzene rings is 2. The number of allylic oxidation sites excluding steroid dienone is 1. The molecular weight excluding hydrogens is 570 g/mol. The van der Waals surface area contributed by atoms with Gasteiger partial charge >= 0.3 is 11.9 Å². The van der Waals surface area contributed by atoms with Gasteiger partial charge < -0.3 is 23.5 Å². The van der Waals surface area contributed by atoms with Crippen molar-refractivity contribution in [2.75, 3.05) is 26.9 Å². The van der Waals surface area contributed by atoms with Crippen molar-refractivity contribution in [2.45, 2.75) is 40.3 Å². The molecule has 2 aromatic heterocycles. The molecule has 4 aromatic rings. The third-order valence-corrected chi connectivity index (χ3v) is 8.01. The molecule has 1 aliphatic heterocycles. The van der Waals surface area contributed by atoms with Gasteiger partial charge in [-0.15, -0.1) is 0 Å². The molecule has 0 unspecified atom stereocenters. The maximum Gasteiger partial charge on any atom is 0.338 e. The second-order valence-electron chi connectivity index (χ2n) is 9.68. The van der Waals surface area contributed by atoms with E-state index in [1.165, 1.54) is 15.9 Å². The number of fused-ring (bicyclic) bond motifs is 2. The van der Waals surface area contributed by atoms with Crippen molar-refractivity contribution in [3.8, 4) is 11.5 Å². The first-order valence-corrected chi connectivity index (χ1v) is 14.9. The zero-order valence-corrected chi connectivity index (χ0v) is 25.5. The Balaban J connectivity index is 1.70. The van der Waals surface area contributed by atoms with Gasteiger partial charge in [-0.2, -0.15) is 0 Å². The molecule has 0 N–H and O–H groups in total. The number of esters is 2. The van der Waals surface area contributed by atoms with Crippen molar-refractivity contribution in [1.82, 2.24) is 9.13 Å². The number of thiazole rings is 1. The minimum absolute atomic E-state index is 0.0468. The average molecular weight is 604 g/mol. The maximum atomic E-state index is 14.1. The Bertz CT molecular complexity index is 1910. The number of carbonyl (C=O) groups excluding carboxylic acids is 2. The lowest BCUT2D eigenvalue weighted by Gasteiger charge is -2.25. The second kappa shape index (κ2) is 12.7. The Morgan fingerprint density at radius 1 is 1.02 bits per heavy atom. The number of hydrogen-bond donors (Lipinski definition) is 0. The van der Waals surface area contributed by atoms with Gasteiger partial charge in [-0.05, 0) is 57.5 Å². The molecule has 0 radical (unpaired) electrons. The summed E-state index contributed by atoms with van der Waals surface area (Å²) in [5.41, 5.74) is 2.70. The van der Waals surface area contributed by atoms with Crippen LogP contribution in [0.5, 0.6) is 11.5 Å². The van der Waals surface area contributed by atoms with E-state index in [-0.39, 0.29) is 30.3 Å². The zero-order valence-electron chi connectivity index (χ0n) is 24.7. The van der Waals surface area contributed by atoms with Crippen molar-refractivity contribution in [1.29, 1.82) is 0 Å². The summed E-state index contributed by atoms with van der Waals surface area (Å²) in [6, 6.07) is 12.2. The number of aromatic nitrogens is 2. The molecule has 10 nitrogen and oxygen atoms in total. The van der Waals surface area contributed by atoms with Crippen molar-refractivity contribution in [3.63, 3.8) is 0 Å². The van der Waals surface area contributed by atoms with Gasteiger partial charge in [0.25, 0.3) is 5.56 Å². The minimum Gasteiger partial charge on any atom is -0.493 e. The van der Waals surface area contributed by atoms with Crippen LogP contribution in [0.15, 0.2) is 69.7 Å². The van der Waals surface area contributed by atoms with Gasteiger partial charge in [0.2, 0.25) is 0 Å². The van der Waals surface area contributed by atoms with Crippen LogP contribution in [0.4, 0.5) is 0 Å².